The van der Waals surface area contributed by atoms with Crippen LogP contribution in [0.2, 0.25) is 0 Å². The standard InChI is InChI=1S/C6H11N5O3/c1-2-9-5-3(7)4(8)10(13)6(12)11(5)14/h9,12H,2,7-8H2,1H3. The fourth-order valence-corrected chi connectivity index (χ4v) is 0.965. The summed E-state index contributed by atoms with van der Waals surface area (Å²) in [4.78, 5) is 0. The van der Waals surface area contributed by atoms with Crippen molar-refractivity contribution in [3.63, 3.8) is 0 Å². The molecule has 78 valence electrons. The maximum absolute atomic E-state index is 11.2. The second-order valence-electron chi connectivity index (χ2n) is 2.57. The first-order chi connectivity index (χ1) is 6.50. The van der Waals surface area contributed by atoms with E-state index in [2.05, 4.69) is 5.32 Å². The van der Waals surface area contributed by atoms with Crippen LogP contribution in [0.1, 0.15) is 6.92 Å². The van der Waals surface area contributed by atoms with Crippen LogP contribution in [0.5, 0.6) is 6.01 Å². The van der Waals surface area contributed by atoms with Gasteiger partial charge in [0.2, 0.25) is 5.69 Å². The predicted octanol–water partition coefficient (Wildman–Crippen LogP) is -1.74. The third kappa shape index (κ3) is 1.26. The molecule has 0 atom stereocenters. The van der Waals surface area contributed by atoms with E-state index >= 15 is 0 Å². The summed E-state index contributed by atoms with van der Waals surface area (Å²) in [6.07, 6.45) is 0. The molecule has 0 aliphatic carbocycles. The third-order valence-corrected chi connectivity index (χ3v) is 1.66. The molecule has 1 aromatic heterocycles. The first kappa shape index (κ1) is 9.96. The van der Waals surface area contributed by atoms with Crippen LogP contribution in [0.25, 0.3) is 0 Å². The molecule has 0 aliphatic heterocycles. The Balaban J connectivity index is 3.43. The molecular formula is C6H11N5O3. The van der Waals surface area contributed by atoms with Crippen molar-refractivity contribution in [3.05, 3.63) is 10.4 Å². The number of anilines is 3. The van der Waals surface area contributed by atoms with Gasteiger partial charge >= 0.3 is 11.8 Å². The molecule has 0 spiro atoms. The summed E-state index contributed by atoms with van der Waals surface area (Å²) >= 11 is 0. The number of hydrogen-bond donors (Lipinski definition) is 4. The molecule has 8 heteroatoms. The third-order valence-electron chi connectivity index (χ3n) is 1.66. The molecule has 1 aromatic rings. The Kier molecular flexibility index (Phi) is 2.36. The largest absolute Gasteiger partial charge is 0.675 e. The van der Waals surface area contributed by atoms with Crippen LogP contribution in [0, 0.1) is 10.4 Å². The van der Waals surface area contributed by atoms with Gasteiger partial charge in [-0.25, -0.2) is 0 Å². The van der Waals surface area contributed by atoms with E-state index in [4.69, 9.17) is 16.6 Å². The number of aromatic hydroxyl groups is 1. The highest BCUT2D eigenvalue weighted by molar-refractivity contribution is 5.68. The van der Waals surface area contributed by atoms with E-state index in [1.165, 1.54) is 0 Å². The SMILES string of the molecule is CCNc1c(N)c(N)[n+]([O-])c(O)[n+]1[O-]. The van der Waals surface area contributed by atoms with E-state index in [0.29, 0.717) is 6.54 Å². The minimum Gasteiger partial charge on any atom is -0.675 e. The second-order valence-corrected chi connectivity index (χ2v) is 2.57. The molecule has 0 fully saturated rings. The first-order valence-corrected chi connectivity index (χ1v) is 3.87. The Bertz CT molecular complexity index is 338. The zero-order valence-electron chi connectivity index (χ0n) is 7.52. The van der Waals surface area contributed by atoms with Gasteiger partial charge in [-0.05, 0) is 6.92 Å². The Morgan fingerprint density at radius 1 is 1.36 bits per heavy atom. The van der Waals surface area contributed by atoms with Gasteiger partial charge in [-0.1, -0.05) is 0 Å². The number of hydrogen-bond acceptors (Lipinski definition) is 6. The maximum Gasteiger partial charge on any atom is 0.530 e. The van der Waals surface area contributed by atoms with Crippen LogP contribution < -0.4 is 26.2 Å². The second kappa shape index (κ2) is 3.32. The highest BCUT2D eigenvalue weighted by Crippen LogP contribution is 2.19. The molecule has 0 aromatic carbocycles. The molecule has 0 aliphatic rings. The average Bonchev–Trinajstić information content (AvgIpc) is 2.19. The maximum atomic E-state index is 11.2. The monoisotopic (exact) mass is 201 g/mol. The highest BCUT2D eigenvalue weighted by atomic mass is 16.5. The molecule has 0 saturated carbocycles. The highest BCUT2D eigenvalue weighted by Gasteiger charge is 2.24. The minimum atomic E-state index is -1.06. The summed E-state index contributed by atoms with van der Waals surface area (Å²) in [5, 5.41) is 33.8. The average molecular weight is 201 g/mol. The number of nitrogen functional groups attached to an aromatic ring is 2. The molecule has 6 N–H and O–H groups in total. The van der Waals surface area contributed by atoms with Crippen LogP contribution in [-0.4, -0.2) is 11.7 Å². The van der Waals surface area contributed by atoms with Crippen molar-refractivity contribution in [2.45, 2.75) is 6.92 Å². The molecule has 0 saturated heterocycles. The number of rotatable bonds is 2. The van der Waals surface area contributed by atoms with Crippen LogP contribution in [0.3, 0.4) is 0 Å². The van der Waals surface area contributed by atoms with Gasteiger partial charge in [-0.2, -0.15) is 0 Å². The molecule has 8 nitrogen and oxygen atoms in total. The Morgan fingerprint density at radius 2 is 1.93 bits per heavy atom. The fraction of sp³-hybridized carbons (Fsp3) is 0.333. The van der Waals surface area contributed by atoms with Crippen LogP contribution in [-0.2, 0) is 0 Å². The Morgan fingerprint density at radius 3 is 2.43 bits per heavy atom. The number of nitrogens with one attached hydrogen (secondary N) is 1. The van der Waals surface area contributed by atoms with Crippen molar-refractivity contribution in [2.75, 3.05) is 23.3 Å². The van der Waals surface area contributed by atoms with Gasteiger partial charge in [0.05, 0.1) is 0 Å². The quantitative estimate of drug-likeness (QED) is 0.331. The van der Waals surface area contributed by atoms with E-state index in [0.717, 1.165) is 0 Å². The summed E-state index contributed by atoms with van der Waals surface area (Å²) in [6.45, 7) is 2.14. The summed E-state index contributed by atoms with van der Waals surface area (Å²) in [6, 6.07) is -1.06. The molecule has 14 heavy (non-hydrogen) atoms. The van der Waals surface area contributed by atoms with Gasteiger partial charge in [-0.3, -0.25) is 5.73 Å². The van der Waals surface area contributed by atoms with E-state index in [1.807, 2.05) is 0 Å². The van der Waals surface area contributed by atoms with Crippen LogP contribution >= 0.6 is 0 Å². The number of nitrogens with two attached hydrogens (primary N) is 2. The molecule has 1 rings (SSSR count). The smallest absolute Gasteiger partial charge is 0.530 e. The van der Waals surface area contributed by atoms with E-state index in [-0.39, 0.29) is 21.0 Å². The van der Waals surface area contributed by atoms with Gasteiger partial charge in [0.1, 0.15) is 0 Å². The van der Waals surface area contributed by atoms with Crippen molar-refractivity contribution in [1.82, 2.24) is 0 Å². The minimum absolute atomic E-state index is 0.0117. The lowest BCUT2D eigenvalue weighted by molar-refractivity contribution is -0.738. The summed E-state index contributed by atoms with van der Waals surface area (Å²) in [5.74, 6) is -0.542. The first-order valence-electron chi connectivity index (χ1n) is 3.87. The van der Waals surface area contributed by atoms with Crippen molar-refractivity contribution in [2.24, 2.45) is 0 Å². The van der Waals surface area contributed by atoms with Gasteiger partial charge in [0.25, 0.3) is 5.82 Å². The summed E-state index contributed by atoms with van der Waals surface area (Å²) in [5.41, 5.74) is 10.5. The van der Waals surface area contributed by atoms with Crippen molar-refractivity contribution in [1.29, 1.82) is 0 Å². The molecule has 0 bridgehead atoms. The summed E-state index contributed by atoms with van der Waals surface area (Å²) < 4.78 is -0.147. The topological polar surface area (TPSA) is 138 Å². The Hall–Kier alpha value is -2.12. The van der Waals surface area contributed by atoms with Gasteiger partial charge in [0, 0.05) is 6.54 Å². The van der Waals surface area contributed by atoms with Crippen molar-refractivity contribution in [3.8, 4) is 6.01 Å². The van der Waals surface area contributed by atoms with Gasteiger partial charge in [-0.15, -0.1) is 9.46 Å². The van der Waals surface area contributed by atoms with Crippen LogP contribution in [0.4, 0.5) is 17.3 Å². The normalized spacial score (nSPS) is 10.1. The summed E-state index contributed by atoms with van der Waals surface area (Å²) in [7, 11) is 0. The lowest BCUT2D eigenvalue weighted by Crippen LogP contribution is -2.46. The lowest BCUT2D eigenvalue weighted by Gasteiger charge is -2.13. The number of nitrogens with zero attached hydrogens (tertiary/aromatic N) is 2. The Labute approximate surface area is 79.5 Å². The van der Waals surface area contributed by atoms with Gasteiger partial charge in [0.15, 0.2) is 0 Å². The van der Waals surface area contributed by atoms with E-state index < -0.39 is 11.8 Å². The molecule has 0 amide bonds. The molecule has 0 radical (unpaired) electrons. The van der Waals surface area contributed by atoms with Gasteiger partial charge < -0.3 is 26.6 Å². The van der Waals surface area contributed by atoms with E-state index in [9.17, 15) is 10.4 Å². The molecular weight excluding hydrogens is 190 g/mol. The van der Waals surface area contributed by atoms with Crippen LogP contribution in [0.15, 0.2) is 0 Å². The molecule has 1 heterocycles. The lowest BCUT2D eigenvalue weighted by atomic mass is 10.4. The molecule has 0 unspecified atom stereocenters. The zero-order chi connectivity index (χ0) is 10.9. The number of aromatic nitrogens is 2. The van der Waals surface area contributed by atoms with Crippen molar-refractivity contribution >= 4 is 17.3 Å². The fourth-order valence-electron chi connectivity index (χ4n) is 0.965. The predicted molar refractivity (Wildman–Crippen MR) is 49.0 cm³/mol. The van der Waals surface area contributed by atoms with Crippen molar-refractivity contribution < 1.29 is 14.6 Å². The zero-order valence-corrected chi connectivity index (χ0v) is 7.52. The van der Waals surface area contributed by atoms with E-state index in [1.54, 1.807) is 6.92 Å².